The highest BCUT2D eigenvalue weighted by molar-refractivity contribution is 7.99. The van der Waals surface area contributed by atoms with Crippen LogP contribution in [0.3, 0.4) is 0 Å². The summed E-state index contributed by atoms with van der Waals surface area (Å²) in [5.41, 5.74) is 2.05. The summed E-state index contributed by atoms with van der Waals surface area (Å²) in [5.74, 6) is -0.491. The number of rotatable bonds is 7. The Morgan fingerprint density at radius 2 is 2.03 bits per heavy atom. The lowest BCUT2D eigenvalue weighted by Crippen LogP contribution is -2.43. The maximum absolute atomic E-state index is 13.5. The highest BCUT2D eigenvalue weighted by atomic mass is 32.2. The summed E-state index contributed by atoms with van der Waals surface area (Å²) in [4.78, 5) is 39.0. The maximum atomic E-state index is 13.5. The number of furan rings is 1. The molecular formula is C23H29NO6S. The molecule has 168 valence electrons. The van der Waals surface area contributed by atoms with Crippen LogP contribution in [0.5, 0.6) is 0 Å². The van der Waals surface area contributed by atoms with E-state index in [-0.39, 0.29) is 18.3 Å². The molecule has 0 amide bonds. The third-order valence-corrected chi connectivity index (χ3v) is 6.54. The maximum Gasteiger partial charge on any atom is 0.336 e. The number of hydrogen-bond acceptors (Lipinski definition) is 8. The van der Waals surface area contributed by atoms with Crippen molar-refractivity contribution in [1.29, 1.82) is 0 Å². The molecule has 1 N–H and O–H groups in total. The van der Waals surface area contributed by atoms with Gasteiger partial charge in [0.15, 0.2) is 5.78 Å². The summed E-state index contributed by atoms with van der Waals surface area (Å²) in [6.07, 6.45) is 0.490. The molecule has 0 fully saturated rings. The van der Waals surface area contributed by atoms with Crippen molar-refractivity contribution in [3.05, 3.63) is 46.2 Å². The van der Waals surface area contributed by atoms with Gasteiger partial charge in [0, 0.05) is 22.7 Å². The number of allylic oxidation sites excluding steroid dienone is 3. The second kappa shape index (κ2) is 9.77. The van der Waals surface area contributed by atoms with Crippen LogP contribution < -0.4 is 5.32 Å². The van der Waals surface area contributed by atoms with Crippen LogP contribution >= 0.6 is 11.8 Å². The van der Waals surface area contributed by atoms with E-state index in [9.17, 15) is 14.4 Å². The number of dihydropyridines is 1. The fourth-order valence-corrected chi connectivity index (χ4v) is 4.75. The molecule has 7 nitrogen and oxygen atoms in total. The lowest BCUT2D eigenvalue weighted by molar-refractivity contribution is -0.151. The first kappa shape index (κ1) is 23.2. The van der Waals surface area contributed by atoms with Crippen molar-refractivity contribution in [2.24, 2.45) is 11.8 Å². The van der Waals surface area contributed by atoms with Gasteiger partial charge in [-0.25, -0.2) is 4.79 Å². The number of nitrogens with one attached hydrogen (secondary N) is 1. The number of ketones is 1. The standard InChI is InChI=1S/C23H29NO6S/c1-6-31-10-9-29-23(27)18-14(4)24-15-11-12(2)17(22(26)28-5)21(25)19(15)20(18)16-8-7-13(3)30-16/h7-8,12,17,20,24H,6,9-11H2,1-5H3/t12-,17-,20+/m1/s1. The Hall–Kier alpha value is -2.48. The van der Waals surface area contributed by atoms with E-state index >= 15 is 0 Å². The number of thioether (sulfide) groups is 1. The molecule has 1 aliphatic heterocycles. The van der Waals surface area contributed by atoms with Gasteiger partial charge in [0.1, 0.15) is 24.0 Å². The minimum Gasteiger partial charge on any atom is -0.468 e. The van der Waals surface area contributed by atoms with Gasteiger partial charge in [0.25, 0.3) is 0 Å². The normalized spacial score (nSPS) is 23.4. The molecule has 2 heterocycles. The first-order valence-corrected chi connectivity index (χ1v) is 11.6. The van der Waals surface area contributed by atoms with Crippen molar-refractivity contribution in [1.82, 2.24) is 5.32 Å². The zero-order chi connectivity index (χ0) is 22.7. The van der Waals surface area contributed by atoms with Gasteiger partial charge in [-0.1, -0.05) is 13.8 Å². The van der Waals surface area contributed by atoms with Crippen molar-refractivity contribution < 1.29 is 28.3 Å². The Morgan fingerprint density at radius 1 is 1.29 bits per heavy atom. The molecule has 3 rings (SSSR count). The highest BCUT2D eigenvalue weighted by Gasteiger charge is 2.48. The molecule has 0 aromatic carbocycles. The molecule has 0 saturated heterocycles. The molecule has 0 unspecified atom stereocenters. The van der Waals surface area contributed by atoms with Gasteiger partial charge in [0.05, 0.1) is 18.6 Å². The monoisotopic (exact) mass is 447 g/mol. The quantitative estimate of drug-likeness (QED) is 0.386. The Kier molecular flexibility index (Phi) is 7.30. The van der Waals surface area contributed by atoms with Crippen molar-refractivity contribution in [2.45, 2.75) is 40.0 Å². The van der Waals surface area contributed by atoms with Gasteiger partial charge in [-0.05, 0) is 44.1 Å². The van der Waals surface area contributed by atoms with Crippen LogP contribution in [-0.2, 0) is 23.9 Å². The van der Waals surface area contributed by atoms with Crippen LogP contribution in [0.25, 0.3) is 0 Å². The Morgan fingerprint density at radius 3 is 2.65 bits per heavy atom. The molecule has 1 aliphatic carbocycles. The second-order valence-electron chi connectivity index (χ2n) is 7.82. The largest absolute Gasteiger partial charge is 0.468 e. The lowest BCUT2D eigenvalue weighted by Gasteiger charge is -2.37. The molecule has 2 aliphatic rings. The predicted molar refractivity (Wildman–Crippen MR) is 117 cm³/mol. The molecule has 1 aromatic rings. The summed E-state index contributed by atoms with van der Waals surface area (Å²) >= 11 is 1.68. The Labute approximate surface area is 186 Å². The predicted octanol–water partition coefficient (Wildman–Crippen LogP) is 3.50. The minimum absolute atomic E-state index is 0.224. The fourth-order valence-electron chi connectivity index (χ4n) is 4.26. The van der Waals surface area contributed by atoms with Crippen LogP contribution in [0.4, 0.5) is 0 Å². The molecule has 8 heteroatoms. The number of methoxy groups -OCH3 is 1. The van der Waals surface area contributed by atoms with Crippen LogP contribution in [0.15, 0.2) is 39.1 Å². The van der Waals surface area contributed by atoms with Gasteiger partial charge in [-0.3, -0.25) is 9.59 Å². The van der Waals surface area contributed by atoms with Crippen LogP contribution in [0.2, 0.25) is 0 Å². The molecule has 0 bridgehead atoms. The van der Waals surface area contributed by atoms with Crippen molar-refractivity contribution in [2.75, 3.05) is 25.2 Å². The number of aryl methyl sites for hydroxylation is 1. The van der Waals surface area contributed by atoms with E-state index in [0.29, 0.717) is 46.2 Å². The van der Waals surface area contributed by atoms with E-state index in [2.05, 4.69) is 5.32 Å². The molecule has 3 atom stereocenters. The van der Waals surface area contributed by atoms with Gasteiger partial charge in [-0.15, -0.1) is 0 Å². The van der Waals surface area contributed by atoms with E-state index in [1.165, 1.54) is 7.11 Å². The van der Waals surface area contributed by atoms with Crippen molar-refractivity contribution in [3.8, 4) is 0 Å². The topological polar surface area (TPSA) is 94.8 Å². The number of carbonyl (C=O) groups excluding carboxylic acids is 3. The van der Waals surface area contributed by atoms with Gasteiger partial charge < -0.3 is 19.2 Å². The zero-order valence-corrected chi connectivity index (χ0v) is 19.4. The van der Waals surface area contributed by atoms with E-state index in [0.717, 1.165) is 5.75 Å². The summed E-state index contributed by atoms with van der Waals surface area (Å²) < 4.78 is 16.3. The molecule has 0 radical (unpaired) electrons. The number of Topliss-reactive ketones (excluding diaryl/α,β-unsaturated/α-hetero) is 1. The van der Waals surface area contributed by atoms with Crippen LogP contribution in [0.1, 0.15) is 44.6 Å². The smallest absolute Gasteiger partial charge is 0.336 e. The van der Waals surface area contributed by atoms with Gasteiger partial charge in [-0.2, -0.15) is 11.8 Å². The first-order chi connectivity index (χ1) is 14.8. The lowest BCUT2D eigenvalue weighted by atomic mass is 9.70. The van der Waals surface area contributed by atoms with E-state index < -0.39 is 23.8 Å². The third kappa shape index (κ3) is 4.59. The van der Waals surface area contributed by atoms with Crippen molar-refractivity contribution >= 4 is 29.5 Å². The van der Waals surface area contributed by atoms with Gasteiger partial charge in [0.2, 0.25) is 0 Å². The Bertz CT molecular complexity index is 944. The number of ether oxygens (including phenoxy) is 2. The summed E-state index contributed by atoms with van der Waals surface area (Å²) in [5, 5.41) is 3.23. The van der Waals surface area contributed by atoms with Crippen LogP contribution in [-0.4, -0.2) is 42.9 Å². The third-order valence-electron chi connectivity index (χ3n) is 5.67. The van der Waals surface area contributed by atoms with E-state index in [1.54, 1.807) is 37.7 Å². The Balaban J connectivity index is 2.03. The highest BCUT2D eigenvalue weighted by Crippen LogP contribution is 2.45. The second-order valence-corrected chi connectivity index (χ2v) is 9.21. The molecule has 0 saturated carbocycles. The number of esters is 2. The number of hydrogen-bond donors (Lipinski definition) is 1. The average Bonchev–Trinajstić information content (AvgIpc) is 3.15. The van der Waals surface area contributed by atoms with Gasteiger partial charge >= 0.3 is 11.9 Å². The summed E-state index contributed by atoms with van der Waals surface area (Å²) in [6, 6.07) is 3.56. The molecule has 0 spiro atoms. The van der Waals surface area contributed by atoms with Crippen molar-refractivity contribution in [3.63, 3.8) is 0 Å². The molecule has 31 heavy (non-hydrogen) atoms. The summed E-state index contributed by atoms with van der Waals surface area (Å²) in [7, 11) is 1.28. The zero-order valence-electron chi connectivity index (χ0n) is 18.6. The van der Waals surface area contributed by atoms with E-state index in [4.69, 9.17) is 13.9 Å². The minimum atomic E-state index is -0.916. The summed E-state index contributed by atoms with van der Waals surface area (Å²) in [6.45, 7) is 7.77. The average molecular weight is 448 g/mol. The molecular weight excluding hydrogens is 418 g/mol. The molecule has 1 aromatic heterocycles. The van der Waals surface area contributed by atoms with E-state index in [1.807, 2.05) is 13.8 Å². The first-order valence-electron chi connectivity index (χ1n) is 10.4. The van der Waals surface area contributed by atoms with Crippen LogP contribution in [0, 0.1) is 18.8 Å². The SMILES string of the molecule is CCSCCOC(=O)C1=C(C)NC2=C(C(=O)[C@H](C(=O)OC)[C@H](C)C2)[C@H]1c1ccc(C)o1. The fraction of sp³-hybridized carbons (Fsp3) is 0.522. The number of carbonyl (C=O) groups is 3.